The molecule has 1 N–H and O–H groups in total. The molecule has 0 atom stereocenters. The Balaban J connectivity index is 3.19. The molecule has 0 aliphatic rings. The number of ether oxygens (including phenoxy) is 3. The van der Waals surface area contributed by atoms with Gasteiger partial charge in [-0.05, 0) is 34.7 Å². The number of rotatable bonds is 5. The second-order valence-corrected chi connectivity index (χ2v) is 4.94. The van der Waals surface area contributed by atoms with Gasteiger partial charge in [0.1, 0.15) is 5.70 Å². The van der Waals surface area contributed by atoms with Crippen molar-refractivity contribution >= 4 is 46.2 Å². The lowest BCUT2D eigenvalue weighted by Crippen LogP contribution is -2.16. The Labute approximate surface area is 140 Å². The van der Waals surface area contributed by atoms with Crippen LogP contribution in [-0.2, 0) is 23.8 Å². The molecular formula is C14H14INO6. The van der Waals surface area contributed by atoms with Gasteiger partial charge < -0.3 is 19.5 Å². The second kappa shape index (κ2) is 8.37. The predicted molar refractivity (Wildman–Crippen MR) is 86.2 cm³/mol. The Morgan fingerprint density at radius 2 is 1.77 bits per heavy atom. The highest BCUT2D eigenvalue weighted by Crippen LogP contribution is 2.24. The first-order valence-electron chi connectivity index (χ1n) is 5.96. The topological polar surface area (TPSA) is 90.9 Å². The van der Waals surface area contributed by atoms with Crippen LogP contribution in [0.15, 0.2) is 30.0 Å². The normalized spacial score (nSPS) is 10.6. The molecule has 0 radical (unpaired) electrons. The van der Waals surface area contributed by atoms with Crippen LogP contribution >= 0.6 is 22.6 Å². The van der Waals surface area contributed by atoms with Crippen LogP contribution < -0.4 is 5.32 Å². The van der Waals surface area contributed by atoms with Crippen LogP contribution in [0.2, 0.25) is 0 Å². The molecule has 0 heterocycles. The zero-order valence-electron chi connectivity index (χ0n) is 12.1. The number of nitrogens with one attached hydrogen (secondary N) is 1. The molecular weight excluding hydrogens is 405 g/mol. The van der Waals surface area contributed by atoms with E-state index in [2.05, 4.69) is 19.5 Å². The van der Waals surface area contributed by atoms with Crippen LogP contribution in [0.3, 0.4) is 0 Å². The Bertz CT molecular complexity index is 626. The number of esters is 3. The van der Waals surface area contributed by atoms with Crippen molar-refractivity contribution in [3.63, 3.8) is 0 Å². The van der Waals surface area contributed by atoms with E-state index in [4.69, 9.17) is 0 Å². The van der Waals surface area contributed by atoms with Gasteiger partial charge in [-0.3, -0.25) is 0 Å². The molecule has 0 aromatic heterocycles. The molecule has 0 aliphatic carbocycles. The maximum Gasteiger partial charge on any atom is 0.354 e. The summed E-state index contributed by atoms with van der Waals surface area (Å²) < 4.78 is 14.3. The van der Waals surface area contributed by atoms with Crippen molar-refractivity contribution in [1.29, 1.82) is 0 Å². The molecule has 0 aliphatic heterocycles. The summed E-state index contributed by atoms with van der Waals surface area (Å²) in [5.74, 6) is -1.97. The molecule has 0 amide bonds. The van der Waals surface area contributed by atoms with Crippen molar-refractivity contribution in [3.05, 3.63) is 39.1 Å². The summed E-state index contributed by atoms with van der Waals surface area (Å²) in [7, 11) is 3.65. The average Bonchev–Trinajstić information content (AvgIpc) is 2.54. The number of halogens is 1. The van der Waals surface area contributed by atoms with Gasteiger partial charge in [0, 0.05) is 0 Å². The number of benzene rings is 1. The maximum atomic E-state index is 11.7. The lowest BCUT2D eigenvalue weighted by atomic mass is 10.2. The number of carbonyl (C=O) groups is 3. The molecule has 0 fully saturated rings. The quantitative estimate of drug-likeness (QED) is 0.337. The average molecular weight is 419 g/mol. The van der Waals surface area contributed by atoms with E-state index in [1.54, 1.807) is 18.2 Å². The van der Waals surface area contributed by atoms with Crippen LogP contribution in [0.5, 0.6) is 0 Å². The SMILES string of the molecule is COC(=O)/C=C(/Nc1cccc(C(=O)OC)c1I)C(=O)OC. The van der Waals surface area contributed by atoms with Gasteiger partial charge in [0.05, 0.1) is 42.2 Å². The summed E-state index contributed by atoms with van der Waals surface area (Å²) in [6, 6.07) is 4.84. The molecule has 118 valence electrons. The smallest absolute Gasteiger partial charge is 0.354 e. The molecule has 7 nitrogen and oxygen atoms in total. The highest BCUT2D eigenvalue weighted by atomic mass is 127. The van der Waals surface area contributed by atoms with Crippen molar-refractivity contribution in [2.75, 3.05) is 26.6 Å². The summed E-state index contributed by atoms with van der Waals surface area (Å²) in [6.07, 6.45) is 0.965. The first-order chi connectivity index (χ1) is 10.4. The number of methoxy groups -OCH3 is 3. The summed E-state index contributed by atoms with van der Waals surface area (Å²) in [5.41, 5.74) is 0.661. The minimum atomic E-state index is -0.746. The Kier molecular flexibility index (Phi) is 6.83. The molecule has 1 rings (SSSR count). The van der Waals surface area contributed by atoms with Crippen LogP contribution in [0, 0.1) is 3.57 Å². The number of anilines is 1. The van der Waals surface area contributed by atoms with E-state index in [0.29, 0.717) is 14.8 Å². The molecule has 1 aromatic rings. The molecule has 0 saturated heterocycles. The van der Waals surface area contributed by atoms with Crippen LogP contribution in [0.4, 0.5) is 5.69 Å². The van der Waals surface area contributed by atoms with Gasteiger partial charge >= 0.3 is 17.9 Å². The van der Waals surface area contributed by atoms with Gasteiger partial charge in [0.2, 0.25) is 0 Å². The molecule has 1 aromatic carbocycles. The first-order valence-corrected chi connectivity index (χ1v) is 7.04. The molecule has 0 bridgehead atoms. The summed E-state index contributed by atoms with van der Waals surface area (Å²) in [6.45, 7) is 0. The zero-order chi connectivity index (χ0) is 16.7. The minimum Gasteiger partial charge on any atom is -0.466 e. The predicted octanol–water partition coefficient (Wildman–Crippen LogP) is 1.72. The summed E-state index contributed by atoms with van der Waals surface area (Å²) >= 11 is 1.93. The fraction of sp³-hybridized carbons (Fsp3) is 0.214. The molecule has 0 saturated carbocycles. The van der Waals surface area contributed by atoms with Crippen molar-refractivity contribution in [2.45, 2.75) is 0 Å². The molecule has 8 heteroatoms. The fourth-order valence-corrected chi connectivity index (χ4v) is 2.19. The van der Waals surface area contributed by atoms with E-state index in [1.165, 1.54) is 21.3 Å². The zero-order valence-corrected chi connectivity index (χ0v) is 14.3. The third-order valence-corrected chi connectivity index (χ3v) is 3.70. The standard InChI is InChI=1S/C14H14INO6/c1-20-11(17)7-10(14(19)22-3)16-9-6-4-5-8(12(9)15)13(18)21-2/h4-7,16H,1-3H3/b10-7+. The van der Waals surface area contributed by atoms with Crippen LogP contribution in [-0.4, -0.2) is 39.2 Å². The van der Waals surface area contributed by atoms with Crippen molar-refractivity contribution in [1.82, 2.24) is 0 Å². The van der Waals surface area contributed by atoms with E-state index >= 15 is 0 Å². The number of hydrogen-bond acceptors (Lipinski definition) is 7. The highest BCUT2D eigenvalue weighted by molar-refractivity contribution is 14.1. The monoisotopic (exact) mass is 419 g/mol. The summed E-state index contributed by atoms with van der Waals surface area (Å²) in [4.78, 5) is 34.7. The van der Waals surface area contributed by atoms with Crippen molar-refractivity contribution in [3.8, 4) is 0 Å². The van der Waals surface area contributed by atoms with Crippen molar-refractivity contribution < 1.29 is 28.6 Å². The largest absolute Gasteiger partial charge is 0.466 e. The Morgan fingerprint density at radius 1 is 1.09 bits per heavy atom. The first kappa shape index (κ1) is 18.0. The van der Waals surface area contributed by atoms with Gasteiger partial charge in [-0.25, -0.2) is 14.4 Å². The van der Waals surface area contributed by atoms with Gasteiger partial charge in [0.15, 0.2) is 0 Å². The van der Waals surface area contributed by atoms with E-state index in [0.717, 1.165) is 6.08 Å². The van der Waals surface area contributed by atoms with E-state index in [9.17, 15) is 14.4 Å². The second-order valence-electron chi connectivity index (χ2n) is 3.86. The lowest BCUT2D eigenvalue weighted by Gasteiger charge is -2.12. The lowest BCUT2D eigenvalue weighted by molar-refractivity contribution is -0.138. The van der Waals surface area contributed by atoms with Gasteiger partial charge in [-0.2, -0.15) is 0 Å². The van der Waals surface area contributed by atoms with Gasteiger partial charge in [-0.15, -0.1) is 0 Å². The van der Waals surface area contributed by atoms with Gasteiger partial charge in [0.25, 0.3) is 0 Å². The van der Waals surface area contributed by atoms with Crippen LogP contribution in [0.1, 0.15) is 10.4 Å². The highest BCUT2D eigenvalue weighted by Gasteiger charge is 2.17. The van der Waals surface area contributed by atoms with Gasteiger partial charge in [-0.1, -0.05) is 6.07 Å². The maximum absolute atomic E-state index is 11.7. The molecule has 22 heavy (non-hydrogen) atoms. The minimum absolute atomic E-state index is 0.116. The molecule has 0 spiro atoms. The third-order valence-electron chi connectivity index (χ3n) is 2.54. The fourth-order valence-electron chi connectivity index (χ4n) is 1.47. The molecule has 0 unspecified atom stereocenters. The van der Waals surface area contributed by atoms with E-state index in [-0.39, 0.29) is 5.70 Å². The van der Waals surface area contributed by atoms with E-state index < -0.39 is 17.9 Å². The van der Waals surface area contributed by atoms with E-state index in [1.807, 2.05) is 22.6 Å². The van der Waals surface area contributed by atoms with Crippen molar-refractivity contribution in [2.24, 2.45) is 0 Å². The number of carbonyl (C=O) groups excluding carboxylic acids is 3. The Hall–Kier alpha value is -2.10. The van der Waals surface area contributed by atoms with Crippen LogP contribution in [0.25, 0.3) is 0 Å². The Morgan fingerprint density at radius 3 is 2.32 bits per heavy atom. The third kappa shape index (κ3) is 4.45. The number of hydrogen-bond donors (Lipinski definition) is 1. The summed E-state index contributed by atoms with van der Waals surface area (Å²) in [5, 5.41) is 2.75.